The Labute approximate surface area is 93.1 Å². The van der Waals surface area contributed by atoms with Gasteiger partial charge in [-0.25, -0.2) is 0 Å². The second kappa shape index (κ2) is 4.40. The maximum Gasteiger partial charge on any atom is 0.0361 e. The van der Waals surface area contributed by atoms with Gasteiger partial charge in [0, 0.05) is 30.8 Å². The summed E-state index contributed by atoms with van der Waals surface area (Å²) < 4.78 is 0. The minimum absolute atomic E-state index is 0.0697. The van der Waals surface area contributed by atoms with Gasteiger partial charge < -0.3 is 4.90 Å². The van der Waals surface area contributed by atoms with Crippen LogP contribution in [0, 0.1) is 17.3 Å². The molecule has 1 aromatic rings. The monoisotopic (exact) mass is 201 g/mol. The second-order valence-electron chi connectivity index (χ2n) is 4.94. The van der Waals surface area contributed by atoms with Gasteiger partial charge in [0.15, 0.2) is 0 Å². The van der Waals surface area contributed by atoms with Crippen LogP contribution in [0.15, 0.2) is 24.3 Å². The third kappa shape index (κ3) is 4.08. The molecule has 15 heavy (non-hydrogen) atoms. The van der Waals surface area contributed by atoms with Crippen LogP contribution in [0.5, 0.6) is 0 Å². The van der Waals surface area contributed by atoms with Crippen LogP contribution in [0.3, 0.4) is 0 Å². The fourth-order valence-electron chi connectivity index (χ4n) is 1.10. The van der Waals surface area contributed by atoms with Gasteiger partial charge in [-0.05, 0) is 45.0 Å². The van der Waals surface area contributed by atoms with Crippen molar-refractivity contribution in [3.05, 3.63) is 29.8 Å². The van der Waals surface area contributed by atoms with E-state index in [-0.39, 0.29) is 5.41 Å². The van der Waals surface area contributed by atoms with Gasteiger partial charge in [-0.2, -0.15) is 0 Å². The third-order valence-corrected chi connectivity index (χ3v) is 1.97. The van der Waals surface area contributed by atoms with Crippen LogP contribution in [0.25, 0.3) is 0 Å². The van der Waals surface area contributed by atoms with Crippen molar-refractivity contribution >= 4 is 5.69 Å². The van der Waals surface area contributed by atoms with Crippen LogP contribution < -0.4 is 4.90 Å². The summed E-state index contributed by atoms with van der Waals surface area (Å²) >= 11 is 0. The van der Waals surface area contributed by atoms with Gasteiger partial charge in [0.1, 0.15) is 0 Å². The number of anilines is 1. The molecule has 0 amide bonds. The fraction of sp³-hybridized carbons (Fsp3) is 0.429. The van der Waals surface area contributed by atoms with Gasteiger partial charge >= 0.3 is 0 Å². The summed E-state index contributed by atoms with van der Waals surface area (Å²) in [4.78, 5) is 2.08. The van der Waals surface area contributed by atoms with Gasteiger partial charge in [0.2, 0.25) is 0 Å². The van der Waals surface area contributed by atoms with E-state index < -0.39 is 0 Å². The lowest BCUT2D eigenvalue weighted by Gasteiger charge is -2.11. The topological polar surface area (TPSA) is 3.24 Å². The summed E-state index contributed by atoms with van der Waals surface area (Å²) in [5.74, 6) is 6.41. The molecule has 80 valence electrons. The van der Waals surface area contributed by atoms with E-state index in [1.807, 2.05) is 14.1 Å². The summed E-state index contributed by atoms with van der Waals surface area (Å²) in [7, 11) is 4.08. The summed E-state index contributed by atoms with van der Waals surface area (Å²) in [6, 6.07) is 8.31. The molecule has 0 aliphatic rings. The van der Waals surface area contributed by atoms with Crippen molar-refractivity contribution in [2.75, 3.05) is 19.0 Å². The maximum absolute atomic E-state index is 3.22. The molecule has 0 bridgehead atoms. The highest BCUT2D eigenvalue weighted by molar-refractivity contribution is 5.49. The molecule has 1 aromatic carbocycles. The molecule has 0 fully saturated rings. The Morgan fingerprint density at radius 2 is 1.53 bits per heavy atom. The van der Waals surface area contributed by atoms with E-state index in [0.717, 1.165) is 5.56 Å². The zero-order valence-corrected chi connectivity index (χ0v) is 10.3. The molecule has 1 heteroatoms. The van der Waals surface area contributed by atoms with Gasteiger partial charge in [0.05, 0.1) is 0 Å². The molecule has 0 aliphatic carbocycles. The first kappa shape index (κ1) is 11.7. The Kier molecular flexibility index (Phi) is 3.42. The minimum Gasteiger partial charge on any atom is -0.378 e. The van der Waals surface area contributed by atoms with Gasteiger partial charge in [-0.1, -0.05) is 11.8 Å². The average Bonchev–Trinajstić information content (AvgIpc) is 2.14. The molecule has 0 saturated heterocycles. The van der Waals surface area contributed by atoms with E-state index in [4.69, 9.17) is 0 Å². The van der Waals surface area contributed by atoms with Crippen LogP contribution in [0.1, 0.15) is 26.3 Å². The molecular weight excluding hydrogens is 182 g/mol. The van der Waals surface area contributed by atoms with E-state index in [2.05, 4.69) is 61.8 Å². The highest BCUT2D eigenvalue weighted by atomic mass is 15.1. The Balaban J connectivity index is 2.85. The third-order valence-electron chi connectivity index (χ3n) is 1.97. The lowest BCUT2D eigenvalue weighted by molar-refractivity contribution is 0.571. The van der Waals surface area contributed by atoms with E-state index in [1.54, 1.807) is 0 Å². The van der Waals surface area contributed by atoms with E-state index in [9.17, 15) is 0 Å². The molecule has 1 rings (SSSR count). The number of hydrogen-bond acceptors (Lipinski definition) is 1. The zero-order chi connectivity index (χ0) is 11.5. The Bertz CT molecular complexity index is 369. The lowest BCUT2D eigenvalue weighted by atomic mass is 9.97. The second-order valence-corrected chi connectivity index (χ2v) is 4.94. The summed E-state index contributed by atoms with van der Waals surface area (Å²) in [6.07, 6.45) is 0. The number of nitrogens with zero attached hydrogens (tertiary/aromatic N) is 1. The van der Waals surface area contributed by atoms with E-state index in [0.29, 0.717) is 0 Å². The normalized spacial score (nSPS) is 10.5. The van der Waals surface area contributed by atoms with Crippen LogP contribution >= 0.6 is 0 Å². The molecule has 0 N–H and O–H groups in total. The minimum atomic E-state index is 0.0697. The van der Waals surface area contributed by atoms with E-state index in [1.165, 1.54) is 5.69 Å². The largest absolute Gasteiger partial charge is 0.378 e. The van der Waals surface area contributed by atoms with Gasteiger partial charge in [0.25, 0.3) is 0 Å². The van der Waals surface area contributed by atoms with Crippen molar-refractivity contribution in [2.45, 2.75) is 20.8 Å². The maximum atomic E-state index is 3.22. The summed E-state index contributed by atoms with van der Waals surface area (Å²) in [5, 5.41) is 0. The average molecular weight is 201 g/mol. The van der Waals surface area contributed by atoms with Crippen molar-refractivity contribution in [3.63, 3.8) is 0 Å². The molecule has 0 saturated carbocycles. The first-order valence-corrected chi connectivity index (χ1v) is 5.19. The molecule has 0 aliphatic heterocycles. The Hall–Kier alpha value is -1.42. The predicted molar refractivity (Wildman–Crippen MR) is 67.1 cm³/mol. The highest BCUT2D eigenvalue weighted by Crippen LogP contribution is 2.13. The molecule has 0 unspecified atom stereocenters. The lowest BCUT2D eigenvalue weighted by Crippen LogP contribution is -2.08. The van der Waals surface area contributed by atoms with Crippen LogP contribution in [0.4, 0.5) is 5.69 Å². The smallest absolute Gasteiger partial charge is 0.0361 e. The van der Waals surface area contributed by atoms with Crippen molar-refractivity contribution in [1.29, 1.82) is 0 Å². The number of benzene rings is 1. The number of hydrogen-bond donors (Lipinski definition) is 0. The number of rotatable bonds is 1. The molecule has 0 atom stereocenters. The van der Waals surface area contributed by atoms with Gasteiger partial charge in [-0.15, -0.1) is 0 Å². The van der Waals surface area contributed by atoms with Crippen molar-refractivity contribution in [2.24, 2.45) is 5.41 Å². The van der Waals surface area contributed by atoms with E-state index >= 15 is 0 Å². The van der Waals surface area contributed by atoms with Crippen LogP contribution in [-0.4, -0.2) is 14.1 Å². The Morgan fingerprint density at radius 3 is 1.93 bits per heavy atom. The standard InChI is InChI=1S/C14H19N/c1-14(2,3)11-10-12-6-8-13(9-7-12)15(4)5/h6-9H,1-5H3. The van der Waals surface area contributed by atoms with Gasteiger partial charge in [-0.3, -0.25) is 0 Å². The molecular formula is C14H19N. The van der Waals surface area contributed by atoms with Crippen molar-refractivity contribution in [3.8, 4) is 11.8 Å². The molecule has 0 spiro atoms. The fourth-order valence-corrected chi connectivity index (χ4v) is 1.10. The van der Waals surface area contributed by atoms with Crippen LogP contribution in [-0.2, 0) is 0 Å². The van der Waals surface area contributed by atoms with Crippen molar-refractivity contribution < 1.29 is 0 Å². The summed E-state index contributed by atoms with van der Waals surface area (Å²) in [5.41, 5.74) is 2.35. The molecule has 0 heterocycles. The molecule has 0 radical (unpaired) electrons. The molecule has 0 aromatic heterocycles. The first-order chi connectivity index (χ1) is 6.88. The molecule has 1 nitrogen and oxygen atoms in total. The first-order valence-electron chi connectivity index (χ1n) is 5.19. The predicted octanol–water partition coefficient (Wildman–Crippen LogP) is 3.15. The quantitative estimate of drug-likeness (QED) is 0.631. The SMILES string of the molecule is CN(C)c1ccc(C#CC(C)(C)C)cc1. The van der Waals surface area contributed by atoms with Crippen LogP contribution in [0.2, 0.25) is 0 Å². The highest BCUT2D eigenvalue weighted by Gasteiger charge is 2.03. The summed E-state index contributed by atoms with van der Waals surface area (Å²) in [6.45, 7) is 6.36. The zero-order valence-electron chi connectivity index (χ0n) is 10.3. The van der Waals surface area contributed by atoms with Crippen molar-refractivity contribution in [1.82, 2.24) is 0 Å². The Morgan fingerprint density at radius 1 is 1.00 bits per heavy atom.